The molecule has 1 amide bonds. The van der Waals surface area contributed by atoms with Gasteiger partial charge in [0.1, 0.15) is 6.04 Å². The fourth-order valence-corrected chi connectivity index (χ4v) is 6.52. The highest BCUT2D eigenvalue weighted by Crippen LogP contribution is 2.27. The smallest absolute Gasteiger partial charge is 0.242 e. The van der Waals surface area contributed by atoms with Gasteiger partial charge in [0, 0.05) is 38.3 Å². The van der Waals surface area contributed by atoms with Gasteiger partial charge in [0.05, 0.1) is 11.5 Å². The van der Waals surface area contributed by atoms with Crippen molar-refractivity contribution in [3.63, 3.8) is 0 Å². The summed E-state index contributed by atoms with van der Waals surface area (Å²) in [6, 6.07) is 10.2. The van der Waals surface area contributed by atoms with Gasteiger partial charge >= 0.3 is 0 Å². The maximum atomic E-state index is 13.4. The number of rotatable bonds is 5. The zero-order chi connectivity index (χ0) is 21.0. The van der Waals surface area contributed by atoms with Crippen LogP contribution in [0.1, 0.15) is 56.6 Å². The Hall–Kier alpha value is -1.44. The molecule has 1 saturated carbocycles. The summed E-state index contributed by atoms with van der Waals surface area (Å²) >= 11 is 0. The second-order valence-corrected chi connectivity index (χ2v) is 11.4. The molecule has 0 aromatic heterocycles. The molecule has 2 aliphatic heterocycles. The Morgan fingerprint density at radius 2 is 1.60 bits per heavy atom. The van der Waals surface area contributed by atoms with E-state index in [1.165, 1.54) is 38.5 Å². The van der Waals surface area contributed by atoms with Crippen molar-refractivity contribution in [2.75, 3.05) is 37.7 Å². The molecule has 0 spiro atoms. The number of hydrogen-bond acceptors (Lipinski definition) is 5. The van der Waals surface area contributed by atoms with Crippen LogP contribution in [-0.2, 0) is 14.6 Å². The minimum absolute atomic E-state index is 0.00761. The summed E-state index contributed by atoms with van der Waals surface area (Å²) < 4.78 is 23.8. The number of nitrogens with zero attached hydrogens (tertiary/aromatic N) is 2. The fourth-order valence-electron chi connectivity index (χ4n) is 5.29. The third-order valence-electron chi connectivity index (χ3n) is 7.01. The number of carbonyl (C=O) groups excluding carboxylic acids is 1. The van der Waals surface area contributed by atoms with Crippen LogP contribution in [0.4, 0.5) is 0 Å². The average Bonchev–Trinajstić information content (AvgIpc) is 3.02. The third kappa shape index (κ3) is 5.42. The Kier molecular flexibility index (Phi) is 7.11. The minimum Gasteiger partial charge on any atom is -0.350 e. The van der Waals surface area contributed by atoms with Crippen LogP contribution < -0.4 is 5.32 Å². The fraction of sp³-hybridized carbons (Fsp3) is 0.696. The Morgan fingerprint density at radius 1 is 0.933 bits per heavy atom. The molecule has 0 radical (unpaired) electrons. The van der Waals surface area contributed by atoms with Crippen LogP contribution >= 0.6 is 0 Å². The summed E-state index contributed by atoms with van der Waals surface area (Å²) in [6.07, 6.45) is 8.94. The monoisotopic (exact) mass is 433 g/mol. The number of sulfone groups is 1. The van der Waals surface area contributed by atoms with Gasteiger partial charge in [0.25, 0.3) is 0 Å². The van der Waals surface area contributed by atoms with Crippen LogP contribution in [-0.4, -0.2) is 73.9 Å². The molecule has 3 fully saturated rings. The minimum atomic E-state index is -2.98. The molecule has 2 heterocycles. The molecule has 4 rings (SSSR count). The van der Waals surface area contributed by atoms with Crippen LogP contribution in [0.5, 0.6) is 0 Å². The van der Waals surface area contributed by atoms with Crippen molar-refractivity contribution in [3.8, 4) is 0 Å². The van der Waals surface area contributed by atoms with Gasteiger partial charge in [-0.2, -0.15) is 0 Å². The lowest BCUT2D eigenvalue weighted by Gasteiger charge is -2.34. The van der Waals surface area contributed by atoms with Crippen LogP contribution in [0.2, 0.25) is 0 Å². The first kappa shape index (κ1) is 21.8. The number of carbonyl (C=O) groups is 1. The Bertz CT molecular complexity index is 792. The third-order valence-corrected chi connectivity index (χ3v) is 8.62. The van der Waals surface area contributed by atoms with Crippen molar-refractivity contribution >= 4 is 15.7 Å². The molecule has 1 aromatic rings. The SMILES string of the molecule is O=C(NC1CCN(C2CCCCCC2)C1)C(c1ccccc1)N1CCS(=O)(=O)CC1. The molecule has 3 aliphatic rings. The number of likely N-dealkylation sites (tertiary alicyclic amines) is 1. The molecule has 2 saturated heterocycles. The molecule has 7 heteroatoms. The molecule has 1 N–H and O–H groups in total. The van der Waals surface area contributed by atoms with E-state index in [0.717, 1.165) is 25.1 Å². The number of amides is 1. The molecule has 30 heavy (non-hydrogen) atoms. The highest BCUT2D eigenvalue weighted by molar-refractivity contribution is 7.91. The van der Waals surface area contributed by atoms with E-state index in [4.69, 9.17) is 0 Å². The molecule has 2 unspecified atom stereocenters. The first-order valence-electron chi connectivity index (χ1n) is 11.6. The zero-order valence-corrected chi connectivity index (χ0v) is 18.7. The maximum absolute atomic E-state index is 13.4. The standard InChI is InChI=1S/C23H35N3O3S/c27-23(24-20-12-13-26(18-20)21-10-6-1-2-7-11-21)22(19-8-4-3-5-9-19)25-14-16-30(28,29)17-15-25/h3-5,8-9,20-22H,1-2,6-7,10-18H2,(H,24,27). The van der Waals surface area contributed by atoms with E-state index in [-0.39, 0.29) is 23.5 Å². The van der Waals surface area contributed by atoms with E-state index in [1.54, 1.807) is 0 Å². The molecule has 2 atom stereocenters. The molecular weight excluding hydrogens is 398 g/mol. The normalized spacial score (nSPS) is 27.4. The van der Waals surface area contributed by atoms with Crippen molar-refractivity contribution in [1.82, 2.24) is 15.1 Å². The van der Waals surface area contributed by atoms with Gasteiger partial charge in [0.15, 0.2) is 9.84 Å². The van der Waals surface area contributed by atoms with E-state index in [2.05, 4.69) is 10.2 Å². The van der Waals surface area contributed by atoms with Gasteiger partial charge in [0.2, 0.25) is 5.91 Å². The summed E-state index contributed by atoms with van der Waals surface area (Å²) in [5, 5.41) is 3.31. The van der Waals surface area contributed by atoms with Crippen molar-refractivity contribution in [1.29, 1.82) is 0 Å². The van der Waals surface area contributed by atoms with E-state index >= 15 is 0 Å². The lowest BCUT2D eigenvalue weighted by molar-refractivity contribution is -0.127. The predicted molar refractivity (Wildman–Crippen MR) is 119 cm³/mol. The topological polar surface area (TPSA) is 69.7 Å². The summed E-state index contributed by atoms with van der Waals surface area (Å²) in [7, 11) is -2.98. The van der Waals surface area contributed by atoms with E-state index in [0.29, 0.717) is 19.1 Å². The maximum Gasteiger partial charge on any atom is 0.242 e. The van der Waals surface area contributed by atoms with Crippen molar-refractivity contribution in [3.05, 3.63) is 35.9 Å². The molecule has 6 nitrogen and oxygen atoms in total. The van der Waals surface area contributed by atoms with Gasteiger partial charge in [-0.05, 0) is 24.8 Å². The van der Waals surface area contributed by atoms with Gasteiger partial charge in [-0.1, -0.05) is 56.0 Å². The molecule has 0 bridgehead atoms. The number of nitrogens with one attached hydrogen (secondary N) is 1. The highest BCUT2D eigenvalue weighted by Gasteiger charge is 2.35. The molecule has 1 aliphatic carbocycles. The van der Waals surface area contributed by atoms with Crippen molar-refractivity contribution in [2.45, 2.75) is 63.1 Å². The summed E-state index contributed by atoms with van der Waals surface area (Å²) in [4.78, 5) is 18.0. The highest BCUT2D eigenvalue weighted by atomic mass is 32.2. The Labute approximate surface area is 180 Å². The van der Waals surface area contributed by atoms with Crippen LogP contribution in [0.3, 0.4) is 0 Å². The van der Waals surface area contributed by atoms with E-state index in [1.807, 2.05) is 35.2 Å². The summed E-state index contributed by atoms with van der Waals surface area (Å²) in [5.41, 5.74) is 0.938. The average molecular weight is 434 g/mol. The van der Waals surface area contributed by atoms with Gasteiger partial charge in [-0.3, -0.25) is 14.6 Å². The first-order chi connectivity index (χ1) is 14.5. The molecule has 1 aromatic carbocycles. The second-order valence-electron chi connectivity index (χ2n) is 9.14. The predicted octanol–water partition coefficient (Wildman–Crippen LogP) is 2.37. The Morgan fingerprint density at radius 3 is 2.27 bits per heavy atom. The van der Waals surface area contributed by atoms with Crippen molar-refractivity contribution in [2.24, 2.45) is 0 Å². The number of hydrogen-bond donors (Lipinski definition) is 1. The lowest BCUT2D eigenvalue weighted by Crippen LogP contribution is -2.50. The van der Waals surface area contributed by atoms with E-state index in [9.17, 15) is 13.2 Å². The van der Waals surface area contributed by atoms with Gasteiger partial charge < -0.3 is 5.32 Å². The summed E-state index contributed by atoms with van der Waals surface area (Å²) in [6.45, 7) is 2.82. The zero-order valence-electron chi connectivity index (χ0n) is 17.8. The van der Waals surface area contributed by atoms with Crippen LogP contribution in [0.15, 0.2) is 30.3 Å². The van der Waals surface area contributed by atoms with Crippen LogP contribution in [0, 0.1) is 0 Å². The quantitative estimate of drug-likeness (QED) is 0.722. The largest absolute Gasteiger partial charge is 0.350 e. The second kappa shape index (κ2) is 9.79. The van der Waals surface area contributed by atoms with E-state index < -0.39 is 15.9 Å². The Balaban J connectivity index is 1.41. The van der Waals surface area contributed by atoms with Gasteiger partial charge in [-0.15, -0.1) is 0 Å². The molecule has 166 valence electrons. The molecular formula is C23H35N3O3S. The van der Waals surface area contributed by atoms with Crippen LogP contribution in [0.25, 0.3) is 0 Å². The van der Waals surface area contributed by atoms with Crippen molar-refractivity contribution < 1.29 is 13.2 Å². The number of benzene rings is 1. The van der Waals surface area contributed by atoms with Gasteiger partial charge in [-0.25, -0.2) is 8.42 Å². The summed E-state index contributed by atoms with van der Waals surface area (Å²) in [5.74, 6) is 0.263. The lowest BCUT2D eigenvalue weighted by atomic mass is 10.0. The first-order valence-corrected chi connectivity index (χ1v) is 13.4.